The first-order chi connectivity index (χ1) is 10.7. The Morgan fingerprint density at radius 1 is 0.955 bits per heavy atom. The first-order valence-corrected chi connectivity index (χ1v) is 6.39. The van der Waals surface area contributed by atoms with Crippen LogP contribution in [0.25, 0.3) is 0 Å². The van der Waals surface area contributed by atoms with Crippen LogP contribution in [0.3, 0.4) is 0 Å². The van der Waals surface area contributed by atoms with Gasteiger partial charge in [0.2, 0.25) is 5.60 Å². The van der Waals surface area contributed by atoms with E-state index in [0.717, 1.165) is 0 Å². The van der Waals surface area contributed by atoms with Crippen LogP contribution in [0.15, 0.2) is 67.0 Å². The Labute approximate surface area is 126 Å². The zero-order chi connectivity index (χ0) is 15.8. The summed E-state index contributed by atoms with van der Waals surface area (Å²) in [5.41, 5.74) is -1.31. The third kappa shape index (κ3) is 3.33. The highest BCUT2D eigenvalue weighted by molar-refractivity contribution is 5.83. The predicted molar refractivity (Wildman–Crippen MR) is 77.7 cm³/mol. The number of carboxylic acid groups (broad SMARTS) is 1. The third-order valence-electron chi connectivity index (χ3n) is 2.96. The maximum Gasteiger partial charge on any atom is 0.345 e. The SMILES string of the molecule is O=C(O)C(O)(c1ccccc1)c1ccccc1.c1nn[nH]n1. The number of nitrogens with zero attached hydrogens (tertiary/aromatic N) is 3. The van der Waals surface area contributed by atoms with E-state index < -0.39 is 11.6 Å². The number of benzene rings is 2. The molecule has 0 aliphatic carbocycles. The summed E-state index contributed by atoms with van der Waals surface area (Å²) in [5, 5.41) is 31.9. The zero-order valence-electron chi connectivity index (χ0n) is 11.5. The molecular weight excluding hydrogens is 284 g/mol. The third-order valence-corrected chi connectivity index (χ3v) is 2.96. The molecule has 1 aromatic heterocycles. The van der Waals surface area contributed by atoms with Crippen LogP contribution >= 0.6 is 0 Å². The van der Waals surface area contributed by atoms with Gasteiger partial charge in [0, 0.05) is 0 Å². The van der Waals surface area contributed by atoms with E-state index in [-0.39, 0.29) is 0 Å². The van der Waals surface area contributed by atoms with Gasteiger partial charge in [-0.3, -0.25) is 0 Å². The molecule has 0 unspecified atom stereocenters. The number of nitrogens with one attached hydrogen (secondary N) is 1. The molecule has 0 spiro atoms. The van der Waals surface area contributed by atoms with Gasteiger partial charge in [0.15, 0.2) is 6.33 Å². The molecule has 0 saturated heterocycles. The van der Waals surface area contributed by atoms with Gasteiger partial charge in [-0.05, 0) is 11.1 Å². The molecule has 112 valence electrons. The van der Waals surface area contributed by atoms with Gasteiger partial charge in [-0.2, -0.15) is 5.21 Å². The lowest BCUT2D eigenvalue weighted by atomic mass is 9.86. The summed E-state index contributed by atoms with van der Waals surface area (Å²) >= 11 is 0. The smallest absolute Gasteiger partial charge is 0.345 e. The molecule has 0 amide bonds. The highest BCUT2D eigenvalue weighted by atomic mass is 16.4. The van der Waals surface area contributed by atoms with Crippen LogP contribution in [0.2, 0.25) is 0 Å². The number of hydrogen-bond donors (Lipinski definition) is 3. The number of aromatic amines is 1. The van der Waals surface area contributed by atoms with Gasteiger partial charge in [-0.25, -0.2) is 4.79 Å². The van der Waals surface area contributed by atoms with Crippen LogP contribution in [0.1, 0.15) is 11.1 Å². The van der Waals surface area contributed by atoms with Crippen molar-refractivity contribution in [3.05, 3.63) is 78.1 Å². The quantitative estimate of drug-likeness (QED) is 0.670. The molecule has 7 nitrogen and oxygen atoms in total. The fourth-order valence-corrected chi connectivity index (χ4v) is 1.90. The normalized spacial score (nSPS) is 10.4. The largest absolute Gasteiger partial charge is 0.479 e. The Balaban J connectivity index is 0.000000299. The topological polar surface area (TPSA) is 112 Å². The van der Waals surface area contributed by atoms with Crippen LogP contribution in [0.5, 0.6) is 0 Å². The van der Waals surface area contributed by atoms with Gasteiger partial charge in [-0.15, -0.1) is 10.2 Å². The Hall–Kier alpha value is -3.06. The minimum absolute atomic E-state index is 0.346. The van der Waals surface area contributed by atoms with Crippen molar-refractivity contribution in [2.75, 3.05) is 0 Å². The molecule has 3 N–H and O–H groups in total. The molecule has 0 aliphatic heterocycles. The molecule has 3 aromatic rings. The van der Waals surface area contributed by atoms with Crippen LogP contribution < -0.4 is 0 Å². The van der Waals surface area contributed by atoms with Gasteiger partial charge >= 0.3 is 5.97 Å². The second-order valence-corrected chi connectivity index (χ2v) is 4.31. The Kier molecular flexibility index (Phi) is 4.94. The first kappa shape index (κ1) is 15.3. The number of aromatic nitrogens is 4. The zero-order valence-corrected chi connectivity index (χ0v) is 11.5. The van der Waals surface area contributed by atoms with E-state index in [0.29, 0.717) is 11.1 Å². The number of carbonyl (C=O) groups is 1. The molecule has 3 rings (SSSR count). The van der Waals surface area contributed by atoms with Gasteiger partial charge in [-0.1, -0.05) is 65.9 Å². The monoisotopic (exact) mass is 298 g/mol. The molecule has 2 aromatic carbocycles. The van der Waals surface area contributed by atoms with E-state index in [1.54, 1.807) is 60.7 Å². The summed E-state index contributed by atoms with van der Waals surface area (Å²) in [4.78, 5) is 11.4. The van der Waals surface area contributed by atoms with Crippen molar-refractivity contribution in [2.24, 2.45) is 0 Å². The number of rotatable bonds is 3. The van der Waals surface area contributed by atoms with Crippen molar-refractivity contribution in [1.29, 1.82) is 0 Å². The molecule has 0 radical (unpaired) electrons. The lowest BCUT2D eigenvalue weighted by molar-refractivity contribution is -0.155. The van der Waals surface area contributed by atoms with Crippen molar-refractivity contribution >= 4 is 5.97 Å². The average molecular weight is 298 g/mol. The van der Waals surface area contributed by atoms with Crippen LogP contribution in [-0.2, 0) is 10.4 Å². The average Bonchev–Trinajstić information content (AvgIpc) is 3.15. The number of carboxylic acids is 1. The van der Waals surface area contributed by atoms with E-state index in [2.05, 4.69) is 20.6 Å². The maximum atomic E-state index is 11.4. The van der Waals surface area contributed by atoms with Gasteiger partial charge in [0.05, 0.1) is 0 Å². The maximum absolute atomic E-state index is 11.4. The van der Waals surface area contributed by atoms with Gasteiger partial charge in [0.1, 0.15) is 0 Å². The second kappa shape index (κ2) is 7.09. The van der Waals surface area contributed by atoms with Crippen molar-refractivity contribution in [1.82, 2.24) is 20.6 Å². The predicted octanol–water partition coefficient (Wildman–Crippen LogP) is 1.21. The van der Waals surface area contributed by atoms with Crippen LogP contribution in [-0.4, -0.2) is 36.8 Å². The van der Waals surface area contributed by atoms with E-state index in [1.807, 2.05) is 0 Å². The molecule has 0 saturated carbocycles. The van der Waals surface area contributed by atoms with E-state index >= 15 is 0 Å². The van der Waals surface area contributed by atoms with Crippen molar-refractivity contribution in [2.45, 2.75) is 5.60 Å². The second-order valence-electron chi connectivity index (χ2n) is 4.31. The van der Waals surface area contributed by atoms with Crippen LogP contribution in [0, 0.1) is 0 Å². The van der Waals surface area contributed by atoms with Crippen LogP contribution in [0.4, 0.5) is 0 Å². The fourth-order valence-electron chi connectivity index (χ4n) is 1.90. The molecule has 0 fully saturated rings. The molecule has 22 heavy (non-hydrogen) atoms. The van der Waals surface area contributed by atoms with Crippen molar-refractivity contribution in [3.8, 4) is 0 Å². The van der Waals surface area contributed by atoms with Crippen molar-refractivity contribution in [3.63, 3.8) is 0 Å². The summed E-state index contributed by atoms with van der Waals surface area (Å²) in [6, 6.07) is 16.7. The Bertz CT molecular complexity index is 631. The van der Waals surface area contributed by atoms with E-state index in [9.17, 15) is 15.0 Å². The van der Waals surface area contributed by atoms with Gasteiger partial charge < -0.3 is 10.2 Å². The molecule has 1 heterocycles. The summed E-state index contributed by atoms with van der Waals surface area (Å²) in [6.07, 6.45) is 1.33. The Morgan fingerprint density at radius 2 is 1.45 bits per heavy atom. The minimum Gasteiger partial charge on any atom is -0.479 e. The number of H-pyrrole nitrogens is 1. The van der Waals surface area contributed by atoms with Crippen molar-refractivity contribution < 1.29 is 15.0 Å². The number of aliphatic carboxylic acids is 1. The summed E-state index contributed by atoms with van der Waals surface area (Å²) in [6.45, 7) is 0. The number of aliphatic hydroxyl groups is 1. The van der Waals surface area contributed by atoms with E-state index in [4.69, 9.17) is 0 Å². The molecule has 7 heteroatoms. The fraction of sp³-hybridized carbons (Fsp3) is 0.0667. The molecule has 0 atom stereocenters. The lowest BCUT2D eigenvalue weighted by Crippen LogP contribution is -2.36. The standard InChI is InChI=1S/C14H12O3.CH2N4/c15-13(16)14(17,11-7-3-1-4-8-11)12-9-5-2-6-10-12;1-2-4-5-3-1/h1-10,17H,(H,15,16);1H,(H,2,3,4,5). The first-order valence-electron chi connectivity index (χ1n) is 6.39. The molecule has 0 bridgehead atoms. The number of tetrazole rings is 1. The Morgan fingerprint density at radius 3 is 1.73 bits per heavy atom. The summed E-state index contributed by atoms with van der Waals surface area (Å²) in [7, 11) is 0. The van der Waals surface area contributed by atoms with Gasteiger partial charge in [0.25, 0.3) is 0 Å². The van der Waals surface area contributed by atoms with E-state index in [1.165, 1.54) is 6.33 Å². The lowest BCUT2D eigenvalue weighted by Gasteiger charge is -2.24. The highest BCUT2D eigenvalue weighted by Crippen LogP contribution is 2.29. The molecule has 0 aliphatic rings. The summed E-state index contributed by atoms with van der Waals surface area (Å²) < 4.78 is 0. The molecular formula is C15H14N4O3. The summed E-state index contributed by atoms with van der Waals surface area (Å²) in [5.74, 6) is -1.28. The highest BCUT2D eigenvalue weighted by Gasteiger charge is 2.39. The number of hydrogen-bond acceptors (Lipinski definition) is 5. The minimum atomic E-state index is -2.00.